The summed E-state index contributed by atoms with van der Waals surface area (Å²) >= 11 is 0. The number of ether oxygens (including phenoxy) is 3. The fourth-order valence-corrected chi connectivity index (χ4v) is 3.75. The second-order valence-electron chi connectivity index (χ2n) is 7.82. The summed E-state index contributed by atoms with van der Waals surface area (Å²) in [6.45, 7) is 1.56. The molecule has 2 aromatic carbocycles. The fourth-order valence-electron chi connectivity index (χ4n) is 3.75. The Kier molecular flexibility index (Phi) is 6.89. The minimum absolute atomic E-state index is 0.253. The Morgan fingerprint density at radius 2 is 1.78 bits per heavy atom. The number of esters is 1. The van der Waals surface area contributed by atoms with Crippen LogP contribution in [0.1, 0.15) is 29.6 Å². The van der Waals surface area contributed by atoms with E-state index >= 15 is 0 Å². The van der Waals surface area contributed by atoms with E-state index in [1.54, 1.807) is 35.2 Å². The van der Waals surface area contributed by atoms with Crippen LogP contribution in [0.2, 0.25) is 0 Å². The number of rotatable bonds is 5. The number of hydrogen-bond acceptors (Lipinski definition) is 6. The van der Waals surface area contributed by atoms with Gasteiger partial charge in [0, 0.05) is 30.8 Å². The lowest BCUT2D eigenvalue weighted by Crippen LogP contribution is -2.44. The maximum absolute atomic E-state index is 12.6. The van der Waals surface area contributed by atoms with Crippen molar-refractivity contribution in [2.75, 3.05) is 38.2 Å². The molecular formula is C24H26N2O6. The van der Waals surface area contributed by atoms with E-state index in [2.05, 4.69) is 5.32 Å². The van der Waals surface area contributed by atoms with Crippen molar-refractivity contribution in [3.63, 3.8) is 0 Å². The third-order valence-electron chi connectivity index (χ3n) is 5.48. The molecular weight excluding hydrogens is 412 g/mol. The van der Waals surface area contributed by atoms with Gasteiger partial charge in [0.2, 0.25) is 0 Å². The van der Waals surface area contributed by atoms with Gasteiger partial charge in [-0.1, -0.05) is 18.2 Å². The van der Waals surface area contributed by atoms with Gasteiger partial charge in [-0.05, 0) is 43.2 Å². The Balaban J connectivity index is 1.29. The number of ketones is 1. The summed E-state index contributed by atoms with van der Waals surface area (Å²) in [4.78, 5) is 39.2. The smallest absolute Gasteiger partial charge is 0.321 e. The zero-order valence-electron chi connectivity index (χ0n) is 17.7. The Hall–Kier alpha value is -3.55. The van der Waals surface area contributed by atoms with Gasteiger partial charge in [0.15, 0.2) is 23.9 Å². The Morgan fingerprint density at radius 3 is 2.59 bits per heavy atom. The van der Waals surface area contributed by atoms with Crippen molar-refractivity contribution >= 4 is 23.5 Å². The number of carbonyl (C=O) groups is 3. The summed E-state index contributed by atoms with van der Waals surface area (Å²) < 4.78 is 16.5. The van der Waals surface area contributed by atoms with E-state index in [4.69, 9.17) is 14.2 Å². The fraction of sp³-hybridized carbons (Fsp3) is 0.375. The van der Waals surface area contributed by atoms with Gasteiger partial charge in [0.25, 0.3) is 0 Å². The molecule has 0 aliphatic carbocycles. The summed E-state index contributed by atoms with van der Waals surface area (Å²) in [7, 11) is 0. The zero-order chi connectivity index (χ0) is 22.3. The zero-order valence-corrected chi connectivity index (χ0v) is 17.7. The normalized spacial score (nSPS) is 17.8. The number of hydrogen-bond donors (Lipinski definition) is 1. The van der Waals surface area contributed by atoms with Crippen LogP contribution in [0.25, 0.3) is 0 Å². The molecule has 0 spiro atoms. The summed E-state index contributed by atoms with van der Waals surface area (Å²) in [5.74, 6) is -0.116. The van der Waals surface area contributed by atoms with Crippen LogP contribution in [0.4, 0.5) is 10.5 Å². The molecule has 2 aromatic rings. The SMILES string of the molecule is O=C(COC(=O)C1CCCN(C(=O)Nc2ccccc2)C1)c1ccc2c(c1)OCCCO2. The third-order valence-corrected chi connectivity index (χ3v) is 5.48. The van der Waals surface area contributed by atoms with Gasteiger partial charge in [0.05, 0.1) is 19.1 Å². The Labute approximate surface area is 186 Å². The quantitative estimate of drug-likeness (QED) is 0.567. The second-order valence-corrected chi connectivity index (χ2v) is 7.82. The molecule has 32 heavy (non-hydrogen) atoms. The number of para-hydroxylation sites is 1. The van der Waals surface area contributed by atoms with Crippen LogP contribution in [0.15, 0.2) is 48.5 Å². The van der Waals surface area contributed by atoms with Crippen LogP contribution in [0, 0.1) is 5.92 Å². The lowest BCUT2D eigenvalue weighted by Gasteiger charge is -2.31. The van der Waals surface area contributed by atoms with Crippen LogP contribution in [-0.4, -0.2) is 55.6 Å². The van der Waals surface area contributed by atoms with Crippen molar-refractivity contribution in [3.05, 3.63) is 54.1 Å². The molecule has 1 fully saturated rings. The molecule has 4 rings (SSSR count). The summed E-state index contributed by atoms with van der Waals surface area (Å²) in [5, 5.41) is 2.83. The number of nitrogens with zero attached hydrogens (tertiary/aromatic N) is 1. The first-order valence-electron chi connectivity index (χ1n) is 10.8. The number of urea groups is 1. The van der Waals surface area contributed by atoms with E-state index in [1.807, 2.05) is 18.2 Å². The Morgan fingerprint density at radius 1 is 1.00 bits per heavy atom. The van der Waals surface area contributed by atoms with Crippen LogP contribution in [0.5, 0.6) is 11.5 Å². The molecule has 8 heteroatoms. The number of nitrogens with one attached hydrogen (secondary N) is 1. The highest BCUT2D eigenvalue weighted by Crippen LogP contribution is 2.30. The van der Waals surface area contributed by atoms with Gasteiger partial charge in [-0.15, -0.1) is 0 Å². The number of benzene rings is 2. The number of piperidine rings is 1. The van der Waals surface area contributed by atoms with E-state index in [0.717, 1.165) is 6.42 Å². The van der Waals surface area contributed by atoms with Crippen molar-refractivity contribution in [1.82, 2.24) is 4.90 Å². The average molecular weight is 438 g/mol. The molecule has 2 aliphatic rings. The van der Waals surface area contributed by atoms with Gasteiger partial charge >= 0.3 is 12.0 Å². The summed E-state index contributed by atoms with van der Waals surface area (Å²) in [6, 6.07) is 13.9. The first-order valence-corrected chi connectivity index (χ1v) is 10.8. The molecule has 0 saturated carbocycles. The molecule has 8 nitrogen and oxygen atoms in total. The molecule has 1 unspecified atom stereocenters. The maximum atomic E-state index is 12.6. The molecule has 2 heterocycles. The van der Waals surface area contributed by atoms with E-state index in [0.29, 0.717) is 55.4 Å². The largest absolute Gasteiger partial charge is 0.490 e. The standard InChI is InChI=1S/C24H26N2O6/c27-20(17-9-10-21-22(14-17)31-13-5-12-30-21)16-32-23(28)18-6-4-11-26(15-18)24(29)25-19-7-2-1-3-8-19/h1-3,7-10,14,18H,4-6,11-13,15-16H2,(H,25,29). The molecule has 0 radical (unpaired) electrons. The first-order chi connectivity index (χ1) is 15.6. The molecule has 168 valence electrons. The monoisotopic (exact) mass is 438 g/mol. The molecule has 2 aliphatic heterocycles. The van der Waals surface area contributed by atoms with Gasteiger partial charge in [0.1, 0.15) is 0 Å². The molecule has 0 bridgehead atoms. The minimum atomic E-state index is -0.468. The number of likely N-dealkylation sites (tertiary alicyclic amines) is 1. The van der Waals surface area contributed by atoms with Gasteiger partial charge in [-0.2, -0.15) is 0 Å². The van der Waals surface area contributed by atoms with Crippen LogP contribution < -0.4 is 14.8 Å². The third kappa shape index (κ3) is 5.38. The number of fused-ring (bicyclic) bond motifs is 1. The highest BCUT2D eigenvalue weighted by atomic mass is 16.5. The van der Waals surface area contributed by atoms with E-state index in [-0.39, 0.29) is 25.0 Å². The molecule has 1 N–H and O–H groups in total. The van der Waals surface area contributed by atoms with E-state index in [9.17, 15) is 14.4 Å². The predicted molar refractivity (Wildman–Crippen MR) is 117 cm³/mol. The molecule has 1 atom stereocenters. The second kappa shape index (κ2) is 10.2. The van der Waals surface area contributed by atoms with Crippen LogP contribution >= 0.6 is 0 Å². The Bertz CT molecular complexity index is 978. The highest BCUT2D eigenvalue weighted by Gasteiger charge is 2.30. The molecule has 2 amide bonds. The van der Waals surface area contributed by atoms with Crippen molar-refractivity contribution in [1.29, 1.82) is 0 Å². The predicted octanol–water partition coefficient (Wildman–Crippen LogP) is 3.52. The molecule has 0 aromatic heterocycles. The van der Waals surface area contributed by atoms with E-state index < -0.39 is 11.9 Å². The lowest BCUT2D eigenvalue weighted by molar-refractivity contribution is -0.148. The van der Waals surface area contributed by atoms with Gasteiger partial charge in [-0.25, -0.2) is 4.79 Å². The maximum Gasteiger partial charge on any atom is 0.321 e. The number of amides is 2. The van der Waals surface area contributed by atoms with Gasteiger partial charge < -0.3 is 24.4 Å². The van der Waals surface area contributed by atoms with Crippen molar-refractivity contribution in [2.24, 2.45) is 5.92 Å². The minimum Gasteiger partial charge on any atom is -0.490 e. The van der Waals surface area contributed by atoms with Crippen molar-refractivity contribution < 1.29 is 28.6 Å². The number of anilines is 1. The van der Waals surface area contributed by atoms with Crippen LogP contribution in [0.3, 0.4) is 0 Å². The topological polar surface area (TPSA) is 94.2 Å². The summed E-state index contributed by atoms with van der Waals surface area (Å²) in [6.07, 6.45) is 2.08. The van der Waals surface area contributed by atoms with Crippen LogP contribution in [-0.2, 0) is 9.53 Å². The summed E-state index contributed by atoms with van der Waals surface area (Å²) in [5.41, 5.74) is 1.09. The van der Waals surface area contributed by atoms with Gasteiger partial charge in [-0.3, -0.25) is 9.59 Å². The first kappa shape index (κ1) is 21.7. The number of carbonyl (C=O) groups excluding carboxylic acids is 3. The van der Waals surface area contributed by atoms with Crippen molar-refractivity contribution in [3.8, 4) is 11.5 Å². The average Bonchev–Trinajstić information content (AvgIpc) is 3.08. The number of Topliss-reactive ketones (excluding diaryl/α,β-unsaturated/α-hetero) is 1. The van der Waals surface area contributed by atoms with Crippen molar-refractivity contribution in [2.45, 2.75) is 19.3 Å². The lowest BCUT2D eigenvalue weighted by atomic mass is 9.98. The van der Waals surface area contributed by atoms with E-state index in [1.165, 1.54) is 0 Å². The molecule has 1 saturated heterocycles. The highest BCUT2D eigenvalue weighted by molar-refractivity contribution is 5.98.